The van der Waals surface area contributed by atoms with Gasteiger partial charge in [-0.1, -0.05) is 18.2 Å². The van der Waals surface area contributed by atoms with Gasteiger partial charge in [0.15, 0.2) is 18.7 Å². The van der Waals surface area contributed by atoms with Crippen molar-refractivity contribution in [2.24, 2.45) is 5.92 Å². The van der Waals surface area contributed by atoms with E-state index in [-0.39, 0.29) is 11.3 Å². The number of hydrogen-bond donors (Lipinski definition) is 10. The fourth-order valence-corrected chi connectivity index (χ4v) is 5.96. The lowest BCUT2D eigenvalue weighted by atomic mass is 9.82. The number of phenolic OH excluding ortho intramolecular Hbond substituents is 1. The molecule has 47 heavy (non-hydrogen) atoms. The van der Waals surface area contributed by atoms with Crippen LogP contribution < -0.4 is 0 Å². The van der Waals surface area contributed by atoms with Crippen molar-refractivity contribution in [3.63, 3.8) is 0 Å². The van der Waals surface area contributed by atoms with Crippen molar-refractivity contribution in [1.29, 1.82) is 0 Å². The largest absolute Gasteiger partial charge is 0.508 e. The highest BCUT2D eigenvalue weighted by atomic mass is 16.8. The second kappa shape index (κ2) is 14.6. The van der Waals surface area contributed by atoms with E-state index in [0.29, 0.717) is 5.56 Å². The van der Waals surface area contributed by atoms with E-state index in [1.54, 1.807) is 0 Å². The monoisotopic (exact) mass is 670 g/mol. The van der Waals surface area contributed by atoms with E-state index in [1.165, 1.54) is 42.5 Å². The van der Waals surface area contributed by atoms with Gasteiger partial charge in [0.05, 0.1) is 32.0 Å². The van der Waals surface area contributed by atoms with Crippen LogP contribution in [0.3, 0.4) is 0 Å². The number of ether oxygens (including phenoxy) is 6. The Bertz CT molecular complexity index is 1320. The Labute approximate surface area is 267 Å². The lowest BCUT2D eigenvalue weighted by molar-refractivity contribution is -0.362. The predicted molar refractivity (Wildman–Crippen MR) is 152 cm³/mol. The van der Waals surface area contributed by atoms with Gasteiger partial charge in [-0.2, -0.15) is 0 Å². The first kappa shape index (κ1) is 35.3. The SMILES string of the molecule is O=C(/C=C/c1ccc(O)cc1)O[C@H]1[C@H](O[C@@]23C=CO[C@@H](O[C@@H]4O[C@H](CO)[C@@H](O)[C@H](O)[C@H]4O)[C@@H]2C(CO)=C[C@H]3O)O[C@H](CO)[C@@H](O)[C@@H]1O. The molecule has 10 N–H and O–H groups in total. The molecule has 17 nitrogen and oxygen atoms in total. The molecular weight excluding hydrogens is 632 g/mol. The molecule has 2 fully saturated rings. The van der Waals surface area contributed by atoms with Crippen LogP contribution in [0.15, 0.2) is 54.3 Å². The zero-order valence-corrected chi connectivity index (χ0v) is 24.7. The van der Waals surface area contributed by atoms with Crippen LogP contribution in [0.4, 0.5) is 0 Å². The maximum Gasteiger partial charge on any atom is 0.331 e. The molecule has 0 aromatic heterocycles. The molecule has 0 radical (unpaired) electrons. The van der Waals surface area contributed by atoms with Gasteiger partial charge in [0.25, 0.3) is 0 Å². The summed E-state index contributed by atoms with van der Waals surface area (Å²) in [5, 5.41) is 103. The maximum atomic E-state index is 12.8. The van der Waals surface area contributed by atoms with Gasteiger partial charge in [0.2, 0.25) is 6.29 Å². The summed E-state index contributed by atoms with van der Waals surface area (Å²) in [7, 11) is 0. The van der Waals surface area contributed by atoms with Crippen molar-refractivity contribution in [1.82, 2.24) is 0 Å². The molecule has 0 saturated carbocycles. The molecule has 0 unspecified atom stereocenters. The standard InChI is InChI=1S/C30H38O17/c31-10-14-9-18(35)30(7-8-42-27(20(14)30)46-28-25(41)23(39)21(37)16(11-32)43-28)47-29-26(24(40)22(38)17(12-33)44-29)45-19(36)6-3-13-1-4-15(34)5-2-13/h1-9,16-18,20-29,31-35,37-41H,10-12H2/b6-3+/t16-,17-,18-,20+,21-,22-,23+,24+,25-,26-,27+,28+,29+,30-/m1/s1. The van der Waals surface area contributed by atoms with E-state index in [0.717, 1.165) is 12.3 Å². The number of rotatable bonds is 10. The van der Waals surface area contributed by atoms with Crippen molar-refractivity contribution in [2.45, 2.75) is 79.4 Å². The zero-order valence-electron chi connectivity index (χ0n) is 24.7. The van der Waals surface area contributed by atoms with Gasteiger partial charge in [0.1, 0.15) is 60.2 Å². The Morgan fingerprint density at radius 2 is 1.47 bits per heavy atom. The second-order valence-electron chi connectivity index (χ2n) is 11.5. The molecule has 0 amide bonds. The van der Waals surface area contributed by atoms with Crippen LogP contribution in [-0.4, -0.2) is 156 Å². The van der Waals surface area contributed by atoms with Crippen molar-refractivity contribution >= 4 is 12.0 Å². The lowest BCUT2D eigenvalue weighted by Crippen LogP contribution is -2.65. The van der Waals surface area contributed by atoms with Crippen molar-refractivity contribution < 1.29 is 84.3 Å². The molecule has 4 aliphatic rings. The van der Waals surface area contributed by atoms with Gasteiger partial charge in [-0.05, 0) is 35.4 Å². The summed E-state index contributed by atoms with van der Waals surface area (Å²) in [4.78, 5) is 12.8. The first-order valence-corrected chi connectivity index (χ1v) is 14.7. The highest BCUT2D eigenvalue weighted by Gasteiger charge is 2.61. The summed E-state index contributed by atoms with van der Waals surface area (Å²) in [5.41, 5.74) is -1.32. The quantitative estimate of drug-likeness (QED) is 0.0647. The maximum absolute atomic E-state index is 12.8. The van der Waals surface area contributed by atoms with Crippen LogP contribution in [0, 0.1) is 5.92 Å². The highest BCUT2D eigenvalue weighted by Crippen LogP contribution is 2.48. The molecule has 17 heteroatoms. The Morgan fingerprint density at radius 3 is 2.11 bits per heavy atom. The van der Waals surface area contributed by atoms with Gasteiger partial charge in [-0.25, -0.2) is 4.79 Å². The third-order valence-corrected chi connectivity index (χ3v) is 8.53. The lowest BCUT2D eigenvalue weighted by Gasteiger charge is -2.49. The molecule has 1 aromatic carbocycles. The predicted octanol–water partition coefficient (Wildman–Crippen LogP) is -3.89. The zero-order chi connectivity index (χ0) is 34.0. The minimum Gasteiger partial charge on any atom is -0.508 e. The van der Waals surface area contributed by atoms with Crippen LogP contribution in [0.25, 0.3) is 6.08 Å². The van der Waals surface area contributed by atoms with Crippen LogP contribution in [-0.2, 0) is 33.2 Å². The number of carbonyl (C=O) groups is 1. The molecule has 0 spiro atoms. The molecule has 1 aromatic rings. The molecule has 5 rings (SSSR count). The molecule has 0 bridgehead atoms. The second-order valence-corrected chi connectivity index (χ2v) is 11.5. The number of phenols is 1. The number of aromatic hydroxyl groups is 1. The van der Waals surface area contributed by atoms with Crippen LogP contribution in [0.1, 0.15) is 5.56 Å². The molecule has 14 atom stereocenters. The number of carbonyl (C=O) groups excluding carboxylic acids is 1. The van der Waals surface area contributed by atoms with E-state index in [2.05, 4.69) is 0 Å². The van der Waals surface area contributed by atoms with Gasteiger partial charge < -0.3 is 79.5 Å². The Hall–Kier alpha value is -3.01. The van der Waals surface area contributed by atoms with E-state index in [4.69, 9.17) is 28.4 Å². The third-order valence-electron chi connectivity index (χ3n) is 8.53. The van der Waals surface area contributed by atoms with Gasteiger partial charge >= 0.3 is 5.97 Å². The molecular formula is C30H38O17. The number of benzene rings is 1. The van der Waals surface area contributed by atoms with Crippen molar-refractivity contribution in [3.8, 4) is 5.75 Å². The molecule has 2 saturated heterocycles. The number of esters is 1. The average Bonchev–Trinajstić information content (AvgIpc) is 3.35. The smallest absolute Gasteiger partial charge is 0.331 e. The molecule has 3 heterocycles. The summed E-state index contributed by atoms with van der Waals surface area (Å²) in [5.74, 6) is -2.26. The number of hydrogen-bond acceptors (Lipinski definition) is 17. The van der Waals surface area contributed by atoms with Crippen molar-refractivity contribution in [2.75, 3.05) is 19.8 Å². The van der Waals surface area contributed by atoms with Gasteiger partial charge in [0, 0.05) is 6.08 Å². The first-order chi connectivity index (χ1) is 22.4. The minimum absolute atomic E-state index is 0.00762. The molecule has 3 aliphatic heterocycles. The van der Waals surface area contributed by atoms with Crippen molar-refractivity contribution in [3.05, 3.63) is 59.9 Å². The van der Waals surface area contributed by atoms with E-state index in [9.17, 15) is 55.9 Å². The normalized spacial score (nSPS) is 41.7. The molecule has 260 valence electrons. The van der Waals surface area contributed by atoms with Gasteiger partial charge in [-0.3, -0.25) is 0 Å². The minimum atomic E-state index is -1.95. The fraction of sp³-hybridized carbons (Fsp3) is 0.567. The summed E-state index contributed by atoms with van der Waals surface area (Å²) in [6.45, 7) is -2.19. The highest BCUT2D eigenvalue weighted by molar-refractivity contribution is 5.87. The van der Waals surface area contributed by atoms with E-state index >= 15 is 0 Å². The Morgan fingerprint density at radius 1 is 0.830 bits per heavy atom. The van der Waals surface area contributed by atoms with Crippen LogP contribution >= 0.6 is 0 Å². The summed E-state index contributed by atoms with van der Waals surface area (Å²) in [6, 6.07) is 5.83. The topological polar surface area (TPSA) is 275 Å². The van der Waals surface area contributed by atoms with E-state index < -0.39 is 111 Å². The fourth-order valence-electron chi connectivity index (χ4n) is 5.96. The summed E-state index contributed by atoms with van der Waals surface area (Å²) in [6.07, 6.45) is -14.0. The summed E-state index contributed by atoms with van der Waals surface area (Å²) < 4.78 is 34.2. The van der Waals surface area contributed by atoms with Gasteiger partial charge in [-0.15, -0.1) is 0 Å². The number of aliphatic hydroxyl groups is 9. The third kappa shape index (κ3) is 6.94. The summed E-state index contributed by atoms with van der Waals surface area (Å²) >= 11 is 0. The first-order valence-electron chi connectivity index (χ1n) is 14.7. The van der Waals surface area contributed by atoms with Crippen LogP contribution in [0.2, 0.25) is 0 Å². The molecule has 1 aliphatic carbocycles. The van der Waals surface area contributed by atoms with Crippen LogP contribution in [0.5, 0.6) is 5.75 Å². The number of fused-ring (bicyclic) bond motifs is 1. The Kier molecular flexibility index (Phi) is 11.0. The van der Waals surface area contributed by atoms with E-state index in [1.807, 2.05) is 0 Å². The Balaban J connectivity index is 1.41. The number of aliphatic hydroxyl groups excluding tert-OH is 9. The average molecular weight is 671 g/mol.